The number of carbonyl (C=O) groups excluding carboxylic acids is 2. The zero-order valence-electron chi connectivity index (χ0n) is 14.5. The minimum atomic E-state index is -0.993. The molecular weight excluding hydrogens is 322 g/mol. The van der Waals surface area contributed by atoms with E-state index in [1.165, 1.54) is 25.1 Å². The third-order valence-electron chi connectivity index (χ3n) is 4.05. The van der Waals surface area contributed by atoms with Gasteiger partial charge in [-0.2, -0.15) is 0 Å². The Balaban J connectivity index is 2.19. The molecule has 130 valence electrons. The summed E-state index contributed by atoms with van der Waals surface area (Å²) >= 11 is 0. The third kappa shape index (κ3) is 4.09. The highest BCUT2D eigenvalue weighted by Crippen LogP contribution is 2.19. The quantitative estimate of drug-likeness (QED) is 0.356. The summed E-state index contributed by atoms with van der Waals surface area (Å²) in [5, 5.41) is 10.8. The van der Waals surface area contributed by atoms with E-state index in [2.05, 4.69) is 0 Å². The lowest BCUT2D eigenvalue weighted by molar-refractivity contribution is -0.384. The molecule has 0 spiro atoms. The van der Waals surface area contributed by atoms with E-state index in [1.54, 1.807) is 6.07 Å². The van der Waals surface area contributed by atoms with Gasteiger partial charge in [0, 0.05) is 17.7 Å². The van der Waals surface area contributed by atoms with Crippen LogP contribution in [0, 0.1) is 30.9 Å². The van der Waals surface area contributed by atoms with Gasteiger partial charge < -0.3 is 4.74 Å². The van der Waals surface area contributed by atoms with Crippen LogP contribution in [0.15, 0.2) is 36.4 Å². The fourth-order valence-corrected chi connectivity index (χ4v) is 2.47. The van der Waals surface area contributed by atoms with E-state index >= 15 is 0 Å². The number of aryl methyl sites for hydroxylation is 3. The summed E-state index contributed by atoms with van der Waals surface area (Å²) in [5.41, 5.74) is 3.19. The number of Topliss-reactive ketones (excluding diaryl/α,β-unsaturated/α-hetero) is 1. The van der Waals surface area contributed by atoms with Crippen LogP contribution in [0.3, 0.4) is 0 Å². The molecule has 0 aromatic heterocycles. The lowest BCUT2D eigenvalue weighted by Crippen LogP contribution is -2.25. The van der Waals surface area contributed by atoms with Crippen LogP contribution in [0.5, 0.6) is 0 Å². The molecule has 0 aliphatic heterocycles. The first kappa shape index (κ1) is 18.3. The second kappa shape index (κ2) is 7.25. The highest BCUT2D eigenvalue weighted by molar-refractivity contribution is 6.02. The van der Waals surface area contributed by atoms with E-state index in [-0.39, 0.29) is 17.0 Å². The Morgan fingerprint density at radius 1 is 1.04 bits per heavy atom. The Morgan fingerprint density at radius 2 is 1.68 bits per heavy atom. The first-order chi connectivity index (χ1) is 11.7. The first-order valence-electron chi connectivity index (χ1n) is 7.78. The SMILES string of the molecule is Cc1cc(C)c(C(=O)[C@@H](C)OC(=O)c2cccc([N+](=O)[O-])c2)cc1C. The average molecular weight is 341 g/mol. The van der Waals surface area contributed by atoms with Crippen molar-refractivity contribution in [2.45, 2.75) is 33.8 Å². The Morgan fingerprint density at radius 3 is 2.32 bits per heavy atom. The zero-order valence-corrected chi connectivity index (χ0v) is 14.5. The maximum absolute atomic E-state index is 12.6. The minimum absolute atomic E-state index is 0.0330. The molecule has 0 fully saturated rings. The molecule has 0 amide bonds. The molecule has 1 atom stereocenters. The van der Waals surface area contributed by atoms with Crippen molar-refractivity contribution in [3.63, 3.8) is 0 Å². The molecule has 0 bridgehead atoms. The van der Waals surface area contributed by atoms with E-state index in [0.29, 0.717) is 5.56 Å². The molecule has 0 radical (unpaired) electrons. The molecule has 25 heavy (non-hydrogen) atoms. The van der Waals surface area contributed by atoms with E-state index in [9.17, 15) is 19.7 Å². The fraction of sp³-hybridized carbons (Fsp3) is 0.263. The van der Waals surface area contributed by atoms with Crippen LogP contribution in [-0.4, -0.2) is 22.8 Å². The first-order valence-corrected chi connectivity index (χ1v) is 7.78. The minimum Gasteiger partial charge on any atom is -0.451 e. The van der Waals surface area contributed by atoms with Gasteiger partial charge in [0.1, 0.15) is 0 Å². The van der Waals surface area contributed by atoms with Gasteiger partial charge in [-0.1, -0.05) is 12.1 Å². The summed E-state index contributed by atoms with van der Waals surface area (Å²) in [7, 11) is 0. The molecule has 0 N–H and O–H groups in total. The number of non-ortho nitro benzene ring substituents is 1. The molecule has 0 saturated carbocycles. The van der Waals surface area contributed by atoms with Crippen molar-refractivity contribution in [2.75, 3.05) is 0 Å². The van der Waals surface area contributed by atoms with Crippen molar-refractivity contribution in [3.05, 3.63) is 74.3 Å². The van der Waals surface area contributed by atoms with E-state index < -0.39 is 17.0 Å². The molecule has 0 saturated heterocycles. The maximum atomic E-state index is 12.6. The highest BCUT2D eigenvalue weighted by Gasteiger charge is 2.23. The number of nitrogens with zero attached hydrogens (tertiary/aromatic N) is 1. The third-order valence-corrected chi connectivity index (χ3v) is 4.05. The number of esters is 1. The number of nitro groups is 1. The molecule has 0 aliphatic carbocycles. The Labute approximate surface area is 145 Å². The van der Waals surface area contributed by atoms with Gasteiger partial charge in [0.25, 0.3) is 5.69 Å². The summed E-state index contributed by atoms with van der Waals surface area (Å²) in [5.74, 6) is -1.08. The van der Waals surface area contributed by atoms with Crippen molar-refractivity contribution in [1.29, 1.82) is 0 Å². The van der Waals surface area contributed by atoms with Gasteiger partial charge in [-0.05, 0) is 56.5 Å². The highest BCUT2D eigenvalue weighted by atomic mass is 16.6. The lowest BCUT2D eigenvalue weighted by Gasteiger charge is -2.15. The summed E-state index contributed by atoms with van der Waals surface area (Å²) in [4.78, 5) is 35.0. The Bertz CT molecular complexity index is 857. The average Bonchev–Trinajstić information content (AvgIpc) is 2.57. The summed E-state index contributed by atoms with van der Waals surface area (Å²) < 4.78 is 5.20. The van der Waals surface area contributed by atoms with Crippen molar-refractivity contribution < 1.29 is 19.2 Å². The molecule has 2 aromatic carbocycles. The van der Waals surface area contributed by atoms with Crippen LogP contribution in [0.1, 0.15) is 44.3 Å². The molecule has 2 aromatic rings. The predicted octanol–water partition coefficient (Wildman–Crippen LogP) is 3.95. The number of rotatable bonds is 5. The molecule has 6 heteroatoms. The fourth-order valence-electron chi connectivity index (χ4n) is 2.47. The monoisotopic (exact) mass is 341 g/mol. The molecule has 6 nitrogen and oxygen atoms in total. The lowest BCUT2D eigenvalue weighted by atomic mass is 9.96. The molecule has 0 heterocycles. The number of carbonyl (C=O) groups is 2. The summed E-state index contributed by atoms with van der Waals surface area (Å²) in [6.07, 6.45) is -0.993. The molecule has 2 rings (SSSR count). The normalized spacial score (nSPS) is 11.7. The van der Waals surface area contributed by atoms with Gasteiger partial charge in [-0.3, -0.25) is 14.9 Å². The van der Waals surface area contributed by atoms with Crippen molar-refractivity contribution in [3.8, 4) is 0 Å². The van der Waals surface area contributed by atoms with Gasteiger partial charge in [0.2, 0.25) is 5.78 Å². The number of ether oxygens (including phenoxy) is 1. The van der Waals surface area contributed by atoms with Gasteiger partial charge in [0.15, 0.2) is 6.10 Å². The van der Waals surface area contributed by atoms with Crippen LogP contribution in [0.2, 0.25) is 0 Å². The summed E-state index contributed by atoms with van der Waals surface area (Å²) in [6.45, 7) is 7.19. The molecule has 0 aliphatic rings. The van der Waals surface area contributed by atoms with Gasteiger partial charge >= 0.3 is 5.97 Å². The van der Waals surface area contributed by atoms with Crippen molar-refractivity contribution in [2.24, 2.45) is 0 Å². The van der Waals surface area contributed by atoms with E-state index in [4.69, 9.17) is 4.74 Å². The summed E-state index contributed by atoms with van der Waals surface area (Å²) in [6, 6.07) is 8.91. The van der Waals surface area contributed by atoms with Crippen molar-refractivity contribution in [1.82, 2.24) is 0 Å². The number of ketones is 1. The smallest absolute Gasteiger partial charge is 0.339 e. The Hall–Kier alpha value is -3.02. The van der Waals surface area contributed by atoms with Crippen LogP contribution in [-0.2, 0) is 4.74 Å². The number of hydrogen-bond acceptors (Lipinski definition) is 5. The number of hydrogen-bond donors (Lipinski definition) is 0. The standard InChI is InChI=1S/C19H19NO5/c1-11-8-13(3)17(9-12(11)2)18(21)14(4)25-19(22)15-6-5-7-16(10-15)20(23)24/h5-10,14H,1-4H3/t14-/m1/s1. The van der Waals surface area contributed by atoms with E-state index in [0.717, 1.165) is 22.8 Å². The van der Waals surface area contributed by atoms with Gasteiger partial charge in [0.05, 0.1) is 10.5 Å². The molecular formula is C19H19NO5. The second-order valence-corrected chi connectivity index (χ2v) is 5.97. The second-order valence-electron chi connectivity index (χ2n) is 5.97. The topological polar surface area (TPSA) is 86.5 Å². The van der Waals surface area contributed by atoms with E-state index in [1.807, 2.05) is 26.8 Å². The van der Waals surface area contributed by atoms with Gasteiger partial charge in [-0.15, -0.1) is 0 Å². The van der Waals surface area contributed by atoms with Crippen LogP contribution in [0.25, 0.3) is 0 Å². The van der Waals surface area contributed by atoms with Gasteiger partial charge in [-0.25, -0.2) is 4.79 Å². The molecule has 0 unspecified atom stereocenters. The van der Waals surface area contributed by atoms with Crippen LogP contribution in [0.4, 0.5) is 5.69 Å². The predicted molar refractivity (Wildman–Crippen MR) is 93.0 cm³/mol. The van der Waals surface area contributed by atoms with Crippen molar-refractivity contribution >= 4 is 17.4 Å². The largest absolute Gasteiger partial charge is 0.451 e. The Kier molecular flexibility index (Phi) is 5.32. The number of benzene rings is 2. The zero-order chi connectivity index (χ0) is 18.7. The van der Waals surface area contributed by atoms with Crippen LogP contribution < -0.4 is 0 Å². The maximum Gasteiger partial charge on any atom is 0.339 e. The van der Waals surface area contributed by atoms with Crippen LogP contribution >= 0.6 is 0 Å². The number of nitro benzene ring substituents is 1.